The Hall–Kier alpha value is -1.29. The zero-order valence-electron chi connectivity index (χ0n) is 23.3. The first kappa shape index (κ1) is 29.3. The van der Waals surface area contributed by atoms with Crippen molar-refractivity contribution in [1.82, 2.24) is 0 Å². The molecule has 0 amide bonds. The summed E-state index contributed by atoms with van der Waals surface area (Å²) in [6.07, 6.45) is 23.3. The smallest absolute Gasteiger partial charge is 0.0849 e. The Morgan fingerprint density at radius 3 is 2.08 bits per heavy atom. The SMILES string of the molecule is CCCCCCCCc1c2c(c3ccc(SOCCO)cc3c1CCCCCCCC)CCC(C)=C2. The predicted octanol–water partition coefficient (Wildman–Crippen LogP) is 10.0. The summed E-state index contributed by atoms with van der Waals surface area (Å²) in [6, 6.07) is 6.92. The average Bonchev–Trinajstić information content (AvgIpc) is 2.89. The highest BCUT2D eigenvalue weighted by Crippen LogP contribution is 2.39. The van der Waals surface area contributed by atoms with Gasteiger partial charge in [-0.2, -0.15) is 0 Å². The van der Waals surface area contributed by atoms with Gasteiger partial charge in [0.05, 0.1) is 13.2 Å². The summed E-state index contributed by atoms with van der Waals surface area (Å²) in [5.74, 6) is 0. The lowest BCUT2D eigenvalue weighted by atomic mass is 9.80. The summed E-state index contributed by atoms with van der Waals surface area (Å²) < 4.78 is 5.62. The van der Waals surface area contributed by atoms with Crippen LogP contribution in [0.4, 0.5) is 0 Å². The van der Waals surface area contributed by atoms with Gasteiger partial charge >= 0.3 is 0 Å². The van der Waals surface area contributed by atoms with Gasteiger partial charge in [0, 0.05) is 16.9 Å². The van der Waals surface area contributed by atoms with Crippen LogP contribution in [0.1, 0.15) is 126 Å². The molecule has 2 nitrogen and oxygen atoms in total. The third-order valence-corrected chi connectivity index (χ3v) is 8.44. The highest BCUT2D eigenvalue weighted by Gasteiger charge is 2.21. The molecule has 2 aromatic carbocycles. The molecule has 2 aromatic rings. The molecule has 0 unspecified atom stereocenters. The molecule has 0 fully saturated rings. The fraction of sp³-hybridized carbons (Fsp3) is 0.636. The van der Waals surface area contributed by atoms with E-state index in [9.17, 15) is 0 Å². The second kappa shape index (κ2) is 16.5. The van der Waals surface area contributed by atoms with E-state index >= 15 is 0 Å². The standard InChI is InChI=1S/C33H50O2S/c1-4-6-8-10-12-14-16-28-29(17-15-13-11-9-7-5-2)33-25-27(36-35-23-22-34)19-21-31(33)30-20-18-26(3)24-32(28)30/h19,21,24-25,34H,4-18,20,22-23H2,1-3H3. The van der Waals surface area contributed by atoms with Gasteiger partial charge < -0.3 is 9.29 Å². The van der Waals surface area contributed by atoms with Gasteiger partial charge in [-0.3, -0.25) is 0 Å². The van der Waals surface area contributed by atoms with Crippen LogP contribution in [0.5, 0.6) is 0 Å². The number of benzene rings is 2. The molecule has 0 bridgehead atoms. The summed E-state index contributed by atoms with van der Waals surface area (Å²) in [7, 11) is 0. The van der Waals surface area contributed by atoms with Crippen LogP contribution >= 0.6 is 12.0 Å². The third kappa shape index (κ3) is 8.64. The van der Waals surface area contributed by atoms with Crippen molar-refractivity contribution in [2.75, 3.05) is 13.2 Å². The molecule has 0 atom stereocenters. The van der Waals surface area contributed by atoms with E-state index in [2.05, 4.69) is 45.0 Å². The lowest BCUT2D eigenvalue weighted by Gasteiger charge is -2.25. The Morgan fingerprint density at radius 1 is 0.778 bits per heavy atom. The van der Waals surface area contributed by atoms with Crippen molar-refractivity contribution in [1.29, 1.82) is 0 Å². The highest BCUT2D eigenvalue weighted by atomic mass is 32.2. The molecule has 0 radical (unpaired) electrons. The largest absolute Gasteiger partial charge is 0.394 e. The molecule has 3 rings (SSSR count). The van der Waals surface area contributed by atoms with Gasteiger partial charge in [0.2, 0.25) is 0 Å². The number of aliphatic hydroxyl groups is 1. The number of unbranched alkanes of at least 4 members (excludes halogenated alkanes) is 10. The van der Waals surface area contributed by atoms with E-state index < -0.39 is 0 Å². The van der Waals surface area contributed by atoms with Crippen LogP contribution in [0.15, 0.2) is 28.7 Å². The van der Waals surface area contributed by atoms with E-state index in [1.165, 1.54) is 125 Å². The third-order valence-electron chi connectivity index (χ3n) is 7.71. The maximum absolute atomic E-state index is 9.13. The summed E-state index contributed by atoms with van der Waals surface area (Å²) in [5, 5.41) is 12.0. The monoisotopic (exact) mass is 510 g/mol. The summed E-state index contributed by atoms with van der Waals surface area (Å²) >= 11 is 1.41. The van der Waals surface area contributed by atoms with Gasteiger partial charge in [0.25, 0.3) is 0 Å². The van der Waals surface area contributed by atoms with Crippen LogP contribution in [0.25, 0.3) is 16.8 Å². The van der Waals surface area contributed by atoms with E-state index in [0.29, 0.717) is 6.61 Å². The average molecular weight is 511 g/mol. The second-order valence-electron chi connectivity index (χ2n) is 10.7. The number of aliphatic hydroxyl groups excluding tert-OH is 1. The quantitative estimate of drug-likeness (QED) is 0.160. The molecule has 1 aliphatic rings. The predicted molar refractivity (Wildman–Crippen MR) is 159 cm³/mol. The van der Waals surface area contributed by atoms with Gasteiger partial charge in [-0.25, -0.2) is 0 Å². The lowest BCUT2D eigenvalue weighted by molar-refractivity contribution is 0.221. The topological polar surface area (TPSA) is 29.5 Å². The van der Waals surface area contributed by atoms with E-state index in [1.54, 1.807) is 22.3 Å². The molecular formula is C33H50O2S. The summed E-state index contributed by atoms with van der Waals surface area (Å²) in [4.78, 5) is 1.15. The van der Waals surface area contributed by atoms with Gasteiger partial charge in [-0.15, -0.1) is 0 Å². The van der Waals surface area contributed by atoms with Crippen molar-refractivity contribution in [3.8, 4) is 0 Å². The summed E-state index contributed by atoms with van der Waals surface area (Å²) in [6.45, 7) is 7.33. The minimum atomic E-state index is 0.0610. The van der Waals surface area contributed by atoms with Crippen LogP contribution < -0.4 is 0 Å². The Kier molecular flexibility index (Phi) is 13.4. The van der Waals surface area contributed by atoms with Crippen molar-refractivity contribution in [2.45, 2.75) is 128 Å². The van der Waals surface area contributed by atoms with Crippen molar-refractivity contribution in [2.24, 2.45) is 0 Å². The van der Waals surface area contributed by atoms with Crippen molar-refractivity contribution >= 4 is 28.9 Å². The van der Waals surface area contributed by atoms with E-state index in [-0.39, 0.29) is 6.61 Å². The number of fused-ring (bicyclic) bond motifs is 3. The molecule has 1 aliphatic carbocycles. The molecule has 1 N–H and O–H groups in total. The first-order valence-corrected chi connectivity index (χ1v) is 15.6. The normalized spacial score (nSPS) is 13.3. The molecule has 3 heteroatoms. The van der Waals surface area contributed by atoms with Crippen molar-refractivity contribution in [3.05, 3.63) is 46.0 Å². The van der Waals surface area contributed by atoms with E-state index in [1.807, 2.05) is 0 Å². The van der Waals surface area contributed by atoms with Gasteiger partial charge in [-0.1, -0.05) is 95.8 Å². The molecule has 0 heterocycles. The van der Waals surface area contributed by atoms with E-state index in [0.717, 1.165) is 11.3 Å². The molecule has 36 heavy (non-hydrogen) atoms. The number of hydrogen-bond donors (Lipinski definition) is 1. The molecule has 0 spiro atoms. The molecule has 0 aromatic heterocycles. The first-order chi connectivity index (χ1) is 17.7. The van der Waals surface area contributed by atoms with Crippen LogP contribution in [-0.2, 0) is 23.4 Å². The maximum Gasteiger partial charge on any atom is 0.0849 e. The molecule has 200 valence electrons. The van der Waals surface area contributed by atoms with Crippen molar-refractivity contribution in [3.63, 3.8) is 0 Å². The number of aryl methyl sites for hydroxylation is 2. The minimum Gasteiger partial charge on any atom is -0.394 e. The minimum absolute atomic E-state index is 0.0610. The highest BCUT2D eigenvalue weighted by molar-refractivity contribution is 7.94. The van der Waals surface area contributed by atoms with Crippen LogP contribution in [-0.4, -0.2) is 18.3 Å². The zero-order chi connectivity index (χ0) is 25.6. The first-order valence-electron chi connectivity index (χ1n) is 14.9. The Labute approximate surface area is 225 Å². The Morgan fingerprint density at radius 2 is 1.42 bits per heavy atom. The fourth-order valence-corrected chi connectivity index (χ4v) is 6.29. The molecule has 0 saturated carbocycles. The fourth-order valence-electron chi connectivity index (χ4n) is 5.71. The van der Waals surface area contributed by atoms with Gasteiger partial charge in [0.1, 0.15) is 0 Å². The molecular weight excluding hydrogens is 460 g/mol. The number of allylic oxidation sites excluding steroid dienone is 1. The van der Waals surface area contributed by atoms with Gasteiger partial charge in [-0.05, 0) is 90.6 Å². The maximum atomic E-state index is 9.13. The zero-order valence-corrected chi connectivity index (χ0v) is 24.1. The van der Waals surface area contributed by atoms with Crippen molar-refractivity contribution < 1.29 is 9.29 Å². The van der Waals surface area contributed by atoms with Gasteiger partial charge in [0.15, 0.2) is 0 Å². The second-order valence-corrected chi connectivity index (χ2v) is 11.6. The summed E-state index contributed by atoms with van der Waals surface area (Å²) in [5.41, 5.74) is 7.89. The molecule has 0 aliphatic heterocycles. The Bertz CT molecular complexity index is 962. The lowest BCUT2D eigenvalue weighted by Crippen LogP contribution is -2.08. The van der Waals surface area contributed by atoms with E-state index in [4.69, 9.17) is 9.29 Å². The van der Waals surface area contributed by atoms with Crippen LogP contribution in [0.3, 0.4) is 0 Å². The number of hydrogen-bond acceptors (Lipinski definition) is 3. The number of rotatable bonds is 18. The molecule has 0 saturated heterocycles. The Balaban J connectivity index is 1.94. The van der Waals surface area contributed by atoms with Crippen LogP contribution in [0.2, 0.25) is 0 Å². The van der Waals surface area contributed by atoms with Crippen LogP contribution in [0, 0.1) is 0 Å².